The highest BCUT2D eigenvalue weighted by molar-refractivity contribution is 5.85. The van der Waals surface area contributed by atoms with Crippen LogP contribution in [0.2, 0.25) is 0 Å². The lowest BCUT2D eigenvalue weighted by atomic mass is 10.2. The third-order valence-corrected chi connectivity index (χ3v) is 2.81. The van der Waals surface area contributed by atoms with Gasteiger partial charge in [-0.15, -0.1) is 0 Å². The Labute approximate surface area is 117 Å². The lowest BCUT2D eigenvalue weighted by Crippen LogP contribution is -2.13. The number of carboxylic acid groups (broad SMARTS) is 1. The fourth-order valence-electron chi connectivity index (χ4n) is 1.79. The number of carbonyl (C=O) groups is 1. The van der Waals surface area contributed by atoms with Gasteiger partial charge in [0.05, 0.1) is 11.4 Å². The first kappa shape index (κ1) is 14.1. The van der Waals surface area contributed by atoms with E-state index in [0.717, 1.165) is 25.1 Å². The Morgan fingerprint density at radius 1 is 1.25 bits per heavy atom. The maximum Gasteiger partial charge on any atom is 0.354 e. The Bertz CT molecular complexity index is 582. The van der Waals surface area contributed by atoms with E-state index in [4.69, 9.17) is 5.11 Å². The van der Waals surface area contributed by atoms with Crippen LogP contribution in [0.15, 0.2) is 36.5 Å². The third-order valence-electron chi connectivity index (χ3n) is 2.81. The Kier molecular flexibility index (Phi) is 4.79. The molecule has 0 saturated heterocycles. The Hall–Kier alpha value is -2.27. The molecule has 0 aliphatic rings. The zero-order chi connectivity index (χ0) is 14.4. The van der Waals surface area contributed by atoms with Gasteiger partial charge in [-0.3, -0.25) is 4.98 Å². The number of nitrogens with one attached hydrogen (secondary N) is 1. The molecule has 0 amide bonds. The van der Waals surface area contributed by atoms with Crippen molar-refractivity contribution in [2.75, 3.05) is 6.54 Å². The van der Waals surface area contributed by atoms with Crippen LogP contribution in [0.3, 0.4) is 0 Å². The number of rotatable bonds is 6. The first-order chi connectivity index (χ1) is 9.70. The Morgan fingerprint density at radius 2 is 2.10 bits per heavy atom. The first-order valence-electron chi connectivity index (χ1n) is 6.57. The van der Waals surface area contributed by atoms with Crippen molar-refractivity contribution in [2.45, 2.75) is 19.9 Å². The van der Waals surface area contributed by atoms with E-state index in [1.807, 2.05) is 12.1 Å². The summed E-state index contributed by atoms with van der Waals surface area (Å²) in [7, 11) is 0. The molecule has 2 heterocycles. The van der Waals surface area contributed by atoms with Gasteiger partial charge in [0.2, 0.25) is 0 Å². The lowest BCUT2D eigenvalue weighted by molar-refractivity contribution is 0.0690. The predicted molar refractivity (Wildman–Crippen MR) is 76.4 cm³/mol. The van der Waals surface area contributed by atoms with Crippen molar-refractivity contribution >= 4 is 5.97 Å². The minimum atomic E-state index is -1.03. The molecule has 104 valence electrons. The van der Waals surface area contributed by atoms with Crippen LogP contribution in [0.4, 0.5) is 0 Å². The van der Waals surface area contributed by atoms with E-state index in [0.29, 0.717) is 11.4 Å². The van der Waals surface area contributed by atoms with E-state index < -0.39 is 5.97 Å². The maximum absolute atomic E-state index is 10.9. The molecule has 0 spiro atoms. The van der Waals surface area contributed by atoms with Crippen molar-refractivity contribution in [2.24, 2.45) is 0 Å². The van der Waals surface area contributed by atoms with Gasteiger partial charge >= 0.3 is 5.97 Å². The Morgan fingerprint density at radius 3 is 2.75 bits per heavy atom. The molecule has 20 heavy (non-hydrogen) atoms. The molecule has 0 aliphatic carbocycles. The maximum atomic E-state index is 10.9. The van der Waals surface area contributed by atoms with Gasteiger partial charge in [-0.05, 0) is 36.7 Å². The summed E-state index contributed by atoms with van der Waals surface area (Å²) in [4.78, 5) is 19.3. The minimum Gasteiger partial charge on any atom is -0.477 e. The quantitative estimate of drug-likeness (QED) is 0.789. The molecule has 0 radical (unpaired) electrons. The summed E-state index contributed by atoms with van der Waals surface area (Å²) in [6, 6.07) is 8.72. The molecule has 2 rings (SSSR count). The highest BCUT2D eigenvalue weighted by atomic mass is 16.4. The van der Waals surface area contributed by atoms with Crippen LogP contribution in [0.1, 0.15) is 29.4 Å². The zero-order valence-electron chi connectivity index (χ0n) is 11.3. The summed E-state index contributed by atoms with van der Waals surface area (Å²) >= 11 is 0. The highest BCUT2D eigenvalue weighted by Gasteiger charge is 2.07. The monoisotopic (exact) mass is 271 g/mol. The number of aromatic carboxylic acids is 1. The Balaban J connectivity index is 2.13. The van der Waals surface area contributed by atoms with Crippen LogP contribution in [0, 0.1) is 0 Å². The molecule has 0 atom stereocenters. The number of pyridine rings is 2. The fourth-order valence-corrected chi connectivity index (χ4v) is 1.79. The van der Waals surface area contributed by atoms with Crippen LogP contribution in [-0.4, -0.2) is 27.6 Å². The molecule has 0 saturated carbocycles. The number of aromatic nitrogens is 2. The molecule has 5 nitrogen and oxygen atoms in total. The molecule has 2 aromatic rings. The van der Waals surface area contributed by atoms with Gasteiger partial charge in [0.1, 0.15) is 5.69 Å². The SMILES string of the molecule is CCCNCc1ccc(-c2cccc(C(=O)O)n2)nc1. The van der Waals surface area contributed by atoms with Crippen LogP contribution in [0.25, 0.3) is 11.4 Å². The summed E-state index contributed by atoms with van der Waals surface area (Å²) in [5.41, 5.74) is 2.36. The van der Waals surface area contributed by atoms with Gasteiger partial charge in [0.25, 0.3) is 0 Å². The van der Waals surface area contributed by atoms with Crippen LogP contribution in [-0.2, 0) is 6.54 Å². The smallest absolute Gasteiger partial charge is 0.354 e. The van der Waals surface area contributed by atoms with Gasteiger partial charge in [0.15, 0.2) is 0 Å². The third kappa shape index (κ3) is 3.61. The van der Waals surface area contributed by atoms with E-state index in [2.05, 4.69) is 22.2 Å². The largest absolute Gasteiger partial charge is 0.477 e. The molecular weight excluding hydrogens is 254 g/mol. The van der Waals surface area contributed by atoms with Crippen molar-refractivity contribution in [3.8, 4) is 11.4 Å². The van der Waals surface area contributed by atoms with E-state index >= 15 is 0 Å². The van der Waals surface area contributed by atoms with E-state index in [1.54, 1.807) is 18.3 Å². The number of carboxylic acids is 1. The molecule has 0 fully saturated rings. The second-order valence-corrected chi connectivity index (χ2v) is 4.44. The number of hydrogen-bond donors (Lipinski definition) is 2. The summed E-state index contributed by atoms with van der Waals surface area (Å²) in [6.07, 6.45) is 2.88. The molecule has 2 N–H and O–H groups in total. The summed E-state index contributed by atoms with van der Waals surface area (Å²) in [5.74, 6) is -1.03. The first-order valence-corrected chi connectivity index (χ1v) is 6.57. The van der Waals surface area contributed by atoms with Crippen LogP contribution < -0.4 is 5.32 Å². The van der Waals surface area contributed by atoms with Gasteiger partial charge < -0.3 is 10.4 Å². The van der Waals surface area contributed by atoms with E-state index in [1.165, 1.54) is 6.07 Å². The van der Waals surface area contributed by atoms with Crippen molar-refractivity contribution in [3.63, 3.8) is 0 Å². The van der Waals surface area contributed by atoms with Gasteiger partial charge in [-0.1, -0.05) is 19.1 Å². The van der Waals surface area contributed by atoms with Gasteiger partial charge in [-0.25, -0.2) is 9.78 Å². The normalized spacial score (nSPS) is 10.4. The standard InChI is InChI=1S/C15H17N3O2/c1-2-8-16-9-11-6-7-12(17-10-11)13-4-3-5-14(18-13)15(19)20/h3-7,10,16H,2,8-9H2,1H3,(H,19,20). The summed E-state index contributed by atoms with van der Waals surface area (Å²) in [5, 5.41) is 12.2. The lowest BCUT2D eigenvalue weighted by Gasteiger charge is -2.05. The van der Waals surface area contributed by atoms with Crippen molar-refractivity contribution in [3.05, 3.63) is 47.8 Å². The average molecular weight is 271 g/mol. The molecule has 0 bridgehead atoms. The van der Waals surface area contributed by atoms with E-state index in [9.17, 15) is 4.79 Å². The zero-order valence-corrected chi connectivity index (χ0v) is 11.3. The molecule has 5 heteroatoms. The number of nitrogens with zero attached hydrogens (tertiary/aromatic N) is 2. The van der Waals surface area contributed by atoms with Crippen molar-refractivity contribution < 1.29 is 9.90 Å². The van der Waals surface area contributed by atoms with E-state index in [-0.39, 0.29) is 5.69 Å². The number of hydrogen-bond acceptors (Lipinski definition) is 4. The topological polar surface area (TPSA) is 75.1 Å². The second kappa shape index (κ2) is 6.77. The van der Waals surface area contributed by atoms with Gasteiger partial charge in [-0.2, -0.15) is 0 Å². The average Bonchev–Trinajstić information content (AvgIpc) is 2.48. The summed E-state index contributed by atoms with van der Waals surface area (Å²) in [6.45, 7) is 3.88. The van der Waals surface area contributed by atoms with Crippen molar-refractivity contribution in [1.82, 2.24) is 15.3 Å². The molecule has 0 aromatic carbocycles. The molecule has 0 aliphatic heterocycles. The van der Waals surface area contributed by atoms with Crippen LogP contribution >= 0.6 is 0 Å². The van der Waals surface area contributed by atoms with Crippen molar-refractivity contribution in [1.29, 1.82) is 0 Å². The predicted octanol–water partition coefficient (Wildman–Crippen LogP) is 2.34. The highest BCUT2D eigenvalue weighted by Crippen LogP contribution is 2.15. The fraction of sp³-hybridized carbons (Fsp3) is 0.267. The molecular formula is C15H17N3O2. The molecule has 2 aromatic heterocycles. The summed E-state index contributed by atoms with van der Waals surface area (Å²) < 4.78 is 0. The minimum absolute atomic E-state index is 0.0259. The molecule has 0 unspecified atom stereocenters. The second-order valence-electron chi connectivity index (χ2n) is 4.44. The van der Waals surface area contributed by atoms with Gasteiger partial charge in [0, 0.05) is 12.7 Å². The van der Waals surface area contributed by atoms with Crippen LogP contribution in [0.5, 0.6) is 0 Å².